The molecule has 4 N–H and O–H groups in total. The number of halogens is 1. The van der Waals surface area contributed by atoms with E-state index in [0.29, 0.717) is 11.7 Å². The number of carbonyl (C=O) groups excluding carboxylic acids is 1. The molecule has 2 rings (SSSR count). The number of thiazole rings is 1. The molecule has 0 amide bonds. The van der Waals surface area contributed by atoms with Crippen LogP contribution in [-0.2, 0) is 9.53 Å². The molecule has 0 fully saturated rings. The number of nitrogens with one attached hydrogen (secondary N) is 1. The summed E-state index contributed by atoms with van der Waals surface area (Å²) in [6, 6.07) is 0. The third-order valence-electron chi connectivity index (χ3n) is 3.61. The van der Waals surface area contributed by atoms with E-state index in [1.807, 2.05) is 6.92 Å². The Morgan fingerprint density at radius 3 is 2.85 bits per heavy atom. The highest BCUT2D eigenvalue weighted by molar-refractivity contribution is 7.17. The van der Waals surface area contributed by atoms with Gasteiger partial charge in [0.2, 0.25) is 0 Å². The van der Waals surface area contributed by atoms with E-state index in [0.717, 1.165) is 17.4 Å². The average Bonchev–Trinajstić information content (AvgIpc) is 3.02. The number of nitrogens with two attached hydrogens (primary N) is 1. The van der Waals surface area contributed by atoms with Crippen molar-refractivity contribution in [3.63, 3.8) is 0 Å². The first kappa shape index (κ1) is 20.3. The van der Waals surface area contributed by atoms with Gasteiger partial charge in [0.15, 0.2) is 16.7 Å². The quantitative estimate of drug-likeness (QED) is 0.351. The van der Waals surface area contributed by atoms with Gasteiger partial charge in [-0.25, -0.2) is 14.2 Å². The number of rotatable bonds is 8. The Hall–Kier alpha value is -3.01. The second kappa shape index (κ2) is 9.08. The molecule has 144 valence electrons. The third-order valence-corrected chi connectivity index (χ3v) is 4.65. The SMILES string of the molecule is CCN(CCC(=O)O)c1ncc(C(=O)OC2=CCC=C(C(=N)N)C=C2F)s1. The fraction of sp³-hybridized carbons (Fsp3) is 0.294. The maximum absolute atomic E-state index is 14.2. The molecular formula is C17H19FN4O4S. The van der Waals surface area contributed by atoms with Crippen molar-refractivity contribution in [2.75, 3.05) is 18.0 Å². The number of carboxylic acids is 1. The molecule has 1 aliphatic rings. The van der Waals surface area contributed by atoms with Crippen LogP contribution in [0.15, 0.2) is 41.6 Å². The lowest BCUT2D eigenvalue weighted by Crippen LogP contribution is -2.25. The molecule has 0 aromatic carbocycles. The molecule has 0 bridgehead atoms. The third kappa shape index (κ3) is 5.48. The molecule has 0 unspecified atom stereocenters. The topological polar surface area (TPSA) is 130 Å². The molecular weight excluding hydrogens is 375 g/mol. The number of hydrogen-bond donors (Lipinski definition) is 3. The Morgan fingerprint density at radius 1 is 1.48 bits per heavy atom. The van der Waals surface area contributed by atoms with Crippen molar-refractivity contribution in [1.82, 2.24) is 4.98 Å². The van der Waals surface area contributed by atoms with Crippen molar-refractivity contribution in [2.24, 2.45) is 5.73 Å². The number of hydrogen-bond acceptors (Lipinski definition) is 7. The van der Waals surface area contributed by atoms with E-state index in [9.17, 15) is 14.0 Å². The fourth-order valence-corrected chi connectivity index (χ4v) is 3.09. The Kier molecular flexibility index (Phi) is 6.83. The zero-order valence-electron chi connectivity index (χ0n) is 14.6. The van der Waals surface area contributed by atoms with Gasteiger partial charge in [-0.05, 0) is 25.5 Å². The first-order valence-electron chi connectivity index (χ1n) is 8.08. The van der Waals surface area contributed by atoms with E-state index in [2.05, 4.69) is 4.98 Å². The zero-order valence-corrected chi connectivity index (χ0v) is 15.4. The summed E-state index contributed by atoms with van der Waals surface area (Å²) in [6.45, 7) is 2.63. The highest BCUT2D eigenvalue weighted by Crippen LogP contribution is 2.26. The highest BCUT2D eigenvalue weighted by atomic mass is 32.1. The van der Waals surface area contributed by atoms with E-state index in [4.69, 9.17) is 21.0 Å². The summed E-state index contributed by atoms with van der Waals surface area (Å²) in [5.41, 5.74) is 5.56. The second-order valence-electron chi connectivity index (χ2n) is 5.49. The first-order valence-corrected chi connectivity index (χ1v) is 8.90. The predicted octanol–water partition coefficient (Wildman–Crippen LogP) is 2.60. The summed E-state index contributed by atoms with van der Waals surface area (Å²) in [4.78, 5) is 29.0. The largest absolute Gasteiger partial charge is 0.481 e. The number of carboxylic acid groups (broad SMARTS) is 1. The van der Waals surface area contributed by atoms with Crippen molar-refractivity contribution in [2.45, 2.75) is 19.8 Å². The van der Waals surface area contributed by atoms with Crippen LogP contribution in [0.4, 0.5) is 9.52 Å². The van der Waals surface area contributed by atoms with Crippen LogP contribution in [0.25, 0.3) is 0 Å². The average molecular weight is 394 g/mol. The molecule has 1 heterocycles. The predicted molar refractivity (Wildman–Crippen MR) is 99.6 cm³/mol. The van der Waals surface area contributed by atoms with E-state index in [1.165, 1.54) is 12.3 Å². The molecule has 10 heteroatoms. The van der Waals surface area contributed by atoms with Gasteiger partial charge in [-0.1, -0.05) is 17.4 Å². The van der Waals surface area contributed by atoms with Gasteiger partial charge in [-0.2, -0.15) is 0 Å². The molecule has 1 aromatic rings. The van der Waals surface area contributed by atoms with Crippen molar-refractivity contribution < 1.29 is 23.8 Å². The van der Waals surface area contributed by atoms with Gasteiger partial charge in [-0.15, -0.1) is 0 Å². The molecule has 8 nitrogen and oxygen atoms in total. The number of carbonyl (C=O) groups is 2. The van der Waals surface area contributed by atoms with Crippen molar-refractivity contribution in [1.29, 1.82) is 5.41 Å². The Morgan fingerprint density at radius 2 is 2.22 bits per heavy atom. The van der Waals surface area contributed by atoms with E-state index >= 15 is 0 Å². The maximum atomic E-state index is 14.2. The standard InChI is InChI=1S/C17H19FN4O4S/c1-2-22(7-6-14(23)24)17-21-9-13(27-17)16(25)26-12-5-3-4-10(15(19)20)8-11(12)18/h4-5,8-9H,2-3,6-7H2,1H3,(H3,19,20)(H,23,24). The number of aromatic nitrogens is 1. The summed E-state index contributed by atoms with van der Waals surface area (Å²) in [7, 11) is 0. The van der Waals surface area contributed by atoms with Crippen LogP contribution >= 0.6 is 11.3 Å². The minimum Gasteiger partial charge on any atom is -0.481 e. The highest BCUT2D eigenvalue weighted by Gasteiger charge is 2.20. The number of aliphatic carboxylic acids is 1. The number of ether oxygens (including phenoxy) is 1. The number of amidine groups is 1. The lowest BCUT2D eigenvalue weighted by molar-refractivity contribution is -0.136. The van der Waals surface area contributed by atoms with Crippen LogP contribution in [0.1, 0.15) is 29.4 Å². The molecule has 0 atom stereocenters. The van der Waals surface area contributed by atoms with Crippen LogP contribution in [0.5, 0.6) is 0 Å². The number of anilines is 1. The van der Waals surface area contributed by atoms with Gasteiger partial charge in [0.1, 0.15) is 10.7 Å². The van der Waals surface area contributed by atoms with Crippen molar-refractivity contribution >= 4 is 34.2 Å². The first-order chi connectivity index (χ1) is 12.8. The van der Waals surface area contributed by atoms with Gasteiger partial charge in [0.25, 0.3) is 0 Å². The monoisotopic (exact) mass is 394 g/mol. The molecule has 0 saturated heterocycles. The maximum Gasteiger partial charge on any atom is 0.355 e. The second-order valence-corrected chi connectivity index (χ2v) is 6.50. The van der Waals surface area contributed by atoms with Gasteiger partial charge in [0.05, 0.1) is 12.6 Å². The number of nitrogens with zero attached hydrogens (tertiary/aromatic N) is 2. The molecule has 0 aliphatic heterocycles. The van der Waals surface area contributed by atoms with Crippen molar-refractivity contribution in [3.8, 4) is 0 Å². The van der Waals surface area contributed by atoms with Gasteiger partial charge < -0.3 is 20.5 Å². The summed E-state index contributed by atoms with van der Waals surface area (Å²) >= 11 is 1.04. The molecule has 0 radical (unpaired) electrons. The Balaban J connectivity index is 2.08. The lowest BCUT2D eigenvalue weighted by Gasteiger charge is -2.18. The molecule has 0 saturated carbocycles. The van der Waals surface area contributed by atoms with Gasteiger partial charge in [0, 0.05) is 18.7 Å². The Labute approximate surface area is 159 Å². The van der Waals surface area contributed by atoms with E-state index < -0.39 is 17.8 Å². The summed E-state index contributed by atoms with van der Waals surface area (Å²) in [5.74, 6) is -3.02. The summed E-state index contributed by atoms with van der Waals surface area (Å²) < 4.78 is 19.3. The number of esters is 1. The normalized spacial score (nSPS) is 13.8. The molecule has 1 aliphatic carbocycles. The van der Waals surface area contributed by atoms with Gasteiger partial charge in [-0.3, -0.25) is 10.2 Å². The van der Waals surface area contributed by atoms with E-state index in [1.54, 1.807) is 11.0 Å². The van der Waals surface area contributed by atoms with Crippen LogP contribution in [0.2, 0.25) is 0 Å². The minimum atomic E-state index is -0.925. The van der Waals surface area contributed by atoms with Gasteiger partial charge >= 0.3 is 11.9 Å². The van der Waals surface area contributed by atoms with Crippen LogP contribution in [0, 0.1) is 5.41 Å². The summed E-state index contributed by atoms with van der Waals surface area (Å²) in [6.07, 6.45) is 5.48. The Bertz CT molecular complexity index is 844. The van der Waals surface area contributed by atoms with Crippen LogP contribution in [0.3, 0.4) is 0 Å². The lowest BCUT2D eigenvalue weighted by atomic mass is 10.2. The fourth-order valence-electron chi connectivity index (χ4n) is 2.21. The minimum absolute atomic E-state index is 0.0540. The molecule has 0 spiro atoms. The molecule has 1 aromatic heterocycles. The smallest absolute Gasteiger partial charge is 0.355 e. The molecule has 27 heavy (non-hydrogen) atoms. The van der Waals surface area contributed by atoms with Crippen LogP contribution in [-0.4, -0.2) is 41.0 Å². The zero-order chi connectivity index (χ0) is 20.0. The van der Waals surface area contributed by atoms with E-state index in [-0.39, 0.29) is 41.4 Å². The number of allylic oxidation sites excluding steroid dienone is 3. The van der Waals surface area contributed by atoms with Crippen molar-refractivity contribution in [3.05, 3.63) is 46.5 Å². The van der Waals surface area contributed by atoms with Crippen LogP contribution < -0.4 is 10.6 Å². The summed E-state index contributed by atoms with van der Waals surface area (Å²) in [5, 5.41) is 16.6.